The van der Waals surface area contributed by atoms with Gasteiger partial charge < -0.3 is 30.6 Å². The summed E-state index contributed by atoms with van der Waals surface area (Å²) in [6.45, 7) is 8.20. The number of urea groups is 2. The van der Waals surface area contributed by atoms with Gasteiger partial charge in [0.15, 0.2) is 0 Å². The van der Waals surface area contributed by atoms with Gasteiger partial charge in [-0.05, 0) is 85.0 Å². The van der Waals surface area contributed by atoms with E-state index in [1.807, 2.05) is 58.6 Å². The summed E-state index contributed by atoms with van der Waals surface area (Å²) in [5.41, 5.74) is 7.58. The molecule has 4 aromatic rings. The quantitative estimate of drug-likeness (QED) is 0.180. The number of aromatic nitrogens is 2. The molecule has 12 nitrogen and oxygen atoms in total. The van der Waals surface area contributed by atoms with Gasteiger partial charge in [0.1, 0.15) is 0 Å². The molecule has 8 rings (SSSR count). The summed E-state index contributed by atoms with van der Waals surface area (Å²) in [5.74, 6) is 0.572. The van der Waals surface area contributed by atoms with Crippen molar-refractivity contribution in [2.45, 2.75) is 75.7 Å². The largest absolute Gasteiger partial charge is 0.390 e. The van der Waals surface area contributed by atoms with Crippen molar-refractivity contribution in [1.82, 2.24) is 40.2 Å². The van der Waals surface area contributed by atoms with Crippen molar-refractivity contribution in [2.75, 3.05) is 65.4 Å². The smallest absolute Gasteiger partial charge is 0.317 e. The van der Waals surface area contributed by atoms with Gasteiger partial charge in [0, 0.05) is 114 Å². The predicted octanol–water partition coefficient (Wildman–Crippen LogP) is 4.78. The topological polar surface area (TPSA) is 137 Å². The number of hydrogen-bond donors (Lipinski definition) is 4. The summed E-state index contributed by atoms with van der Waals surface area (Å²) in [6.07, 6.45) is 8.57. The molecule has 2 aromatic carbocycles. The maximum atomic E-state index is 12.6. The van der Waals surface area contributed by atoms with E-state index in [2.05, 4.69) is 78.9 Å². The number of hydrogen-bond acceptors (Lipinski definition) is 8. The van der Waals surface area contributed by atoms with E-state index < -0.39 is 12.2 Å². The number of likely N-dealkylation sites (tertiary alicyclic amines) is 2. The summed E-state index contributed by atoms with van der Waals surface area (Å²) >= 11 is 0. The average molecular weight is 789 g/mol. The number of carbonyl (C=O) groups excluding carboxylic acids is 2. The first kappa shape index (κ1) is 41.3. The van der Waals surface area contributed by atoms with Gasteiger partial charge in [-0.15, -0.1) is 0 Å². The molecule has 0 radical (unpaired) electrons. The highest BCUT2D eigenvalue weighted by molar-refractivity contribution is 5.74. The van der Waals surface area contributed by atoms with Crippen LogP contribution in [0.3, 0.4) is 0 Å². The fraction of sp³-hybridized carbons (Fsp3) is 0.478. The van der Waals surface area contributed by atoms with Gasteiger partial charge in [0.25, 0.3) is 0 Å². The van der Waals surface area contributed by atoms with Crippen molar-refractivity contribution >= 4 is 12.1 Å². The lowest BCUT2D eigenvalue weighted by Crippen LogP contribution is -2.48. The fourth-order valence-corrected chi connectivity index (χ4v) is 8.82. The molecule has 4 amide bonds. The first-order valence-electron chi connectivity index (χ1n) is 21.2. The second-order valence-corrected chi connectivity index (χ2v) is 16.3. The number of β-amino-alcohol motifs (C(OH)–C–C–N with tert-alkyl or cyclic N) is 2. The Hall–Kier alpha value is -4.88. The molecule has 0 unspecified atom stereocenters. The zero-order chi connectivity index (χ0) is 40.1. The molecule has 4 aliphatic rings. The van der Waals surface area contributed by atoms with E-state index in [4.69, 9.17) is 0 Å². The van der Waals surface area contributed by atoms with Crippen LogP contribution in [0.25, 0.3) is 0 Å². The van der Waals surface area contributed by atoms with E-state index in [1.54, 1.807) is 0 Å². The number of nitrogens with one attached hydrogen (secondary N) is 2. The highest BCUT2D eigenvalue weighted by Gasteiger charge is 2.28. The molecule has 0 spiro atoms. The van der Waals surface area contributed by atoms with Gasteiger partial charge in [-0.3, -0.25) is 19.8 Å². The van der Waals surface area contributed by atoms with Crippen LogP contribution in [0.15, 0.2) is 97.3 Å². The van der Waals surface area contributed by atoms with Crippen molar-refractivity contribution < 1.29 is 19.8 Å². The van der Waals surface area contributed by atoms with E-state index in [1.165, 1.54) is 22.3 Å². The zero-order valence-electron chi connectivity index (χ0n) is 33.7. The molecule has 6 heterocycles. The molecule has 58 heavy (non-hydrogen) atoms. The first-order chi connectivity index (χ1) is 28.4. The third-order valence-corrected chi connectivity index (χ3v) is 12.0. The lowest BCUT2D eigenvalue weighted by molar-refractivity contribution is 0.102. The van der Waals surface area contributed by atoms with E-state index in [0.29, 0.717) is 26.2 Å². The molecule has 2 saturated heterocycles. The van der Waals surface area contributed by atoms with Gasteiger partial charge in [0.05, 0.1) is 12.2 Å². The molecule has 0 bridgehead atoms. The molecule has 2 fully saturated rings. The molecule has 4 atom stereocenters. The third-order valence-electron chi connectivity index (χ3n) is 12.0. The summed E-state index contributed by atoms with van der Waals surface area (Å²) in [5, 5.41) is 26.7. The van der Waals surface area contributed by atoms with Crippen LogP contribution in [0.2, 0.25) is 0 Å². The minimum absolute atomic E-state index is 0.0892. The lowest BCUT2D eigenvalue weighted by Gasteiger charge is -2.33. The standard InChI is InChI=1S/2C23H30N4O2/c2*28-21(17-26-13-10-18-6-1-2-7-19(18)15-26)14-25-23(29)27-12-5-8-20(16-27)22-9-3-4-11-24-22/h2*1-4,6-7,9,11,20-21,28H,5,8,10,12-17H2,(H,25,29)/t20-,21+;20-,21-/m10/s1. The number of benzene rings is 2. The molecular formula is C46H60N8O4. The maximum absolute atomic E-state index is 12.6. The van der Waals surface area contributed by atoms with Crippen LogP contribution in [-0.4, -0.2) is 129 Å². The normalized spacial score (nSPS) is 20.7. The summed E-state index contributed by atoms with van der Waals surface area (Å²) in [4.78, 5) is 42.3. The molecule has 4 aliphatic heterocycles. The number of amides is 4. The minimum atomic E-state index is -0.569. The second kappa shape index (κ2) is 20.7. The van der Waals surface area contributed by atoms with Crippen molar-refractivity contribution in [3.05, 3.63) is 131 Å². The van der Waals surface area contributed by atoms with Crippen LogP contribution in [0, 0.1) is 0 Å². The van der Waals surface area contributed by atoms with Crippen LogP contribution in [0.4, 0.5) is 9.59 Å². The van der Waals surface area contributed by atoms with Crippen molar-refractivity contribution in [1.29, 1.82) is 0 Å². The van der Waals surface area contributed by atoms with E-state index in [0.717, 1.165) is 89.2 Å². The minimum Gasteiger partial charge on any atom is -0.390 e. The summed E-state index contributed by atoms with van der Waals surface area (Å²) in [7, 11) is 0. The summed E-state index contributed by atoms with van der Waals surface area (Å²) < 4.78 is 0. The Morgan fingerprint density at radius 3 is 1.41 bits per heavy atom. The fourth-order valence-electron chi connectivity index (χ4n) is 8.82. The number of rotatable bonds is 10. The Morgan fingerprint density at radius 1 is 0.586 bits per heavy atom. The van der Waals surface area contributed by atoms with Gasteiger partial charge >= 0.3 is 12.1 Å². The predicted molar refractivity (Wildman–Crippen MR) is 225 cm³/mol. The number of pyridine rings is 2. The number of nitrogens with zero attached hydrogens (tertiary/aromatic N) is 6. The highest BCUT2D eigenvalue weighted by Crippen LogP contribution is 2.27. The van der Waals surface area contributed by atoms with Crippen LogP contribution in [0.5, 0.6) is 0 Å². The average Bonchev–Trinajstić information content (AvgIpc) is 3.28. The molecular weight excluding hydrogens is 729 g/mol. The van der Waals surface area contributed by atoms with Gasteiger partial charge in [-0.25, -0.2) is 9.59 Å². The number of carbonyl (C=O) groups is 2. The van der Waals surface area contributed by atoms with Crippen LogP contribution >= 0.6 is 0 Å². The molecule has 2 aromatic heterocycles. The van der Waals surface area contributed by atoms with Gasteiger partial charge in [-0.2, -0.15) is 0 Å². The highest BCUT2D eigenvalue weighted by atomic mass is 16.3. The Kier molecular flexibility index (Phi) is 14.7. The Labute approximate surface area is 343 Å². The van der Waals surface area contributed by atoms with E-state index in [-0.39, 0.29) is 37.0 Å². The SMILES string of the molecule is O=C(NC[C@H](O)CN1CCc2ccccc2C1)N1CCC[C@@H](c2ccccn2)C1.O=C(NC[C@H](O)CN1CCc2ccccc2C1)N1CCC[C@H](c2ccccn2)C1. The van der Waals surface area contributed by atoms with E-state index in [9.17, 15) is 19.8 Å². The maximum Gasteiger partial charge on any atom is 0.317 e. The monoisotopic (exact) mass is 788 g/mol. The third kappa shape index (κ3) is 11.6. The Morgan fingerprint density at radius 2 is 1.00 bits per heavy atom. The molecule has 4 N–H and O–H groups in total. The van der Waals surface area contributed by atoms with Crippen LogP contribution < -0.4 is 10.6 Å². The molecule has 308 valence electrons. The molecule has 0 saturated carbocycles. The first-order valence-corrected chi connectivity index (χ1v) is 21.2. The number of aliphatic hydroxyl groups excluding tert-OH is 2. The number of fused-ring (bicyclic) bond motifs is 2. The van der Waals surface area contributed by atoms with Gasteiger partial charge in [0.2, 0.25) is 0 Å². The number of aliphatic hydroxyl groups is 2. The zero-order valence-corrected chi connectivity index (χ0v) is 33.7. The Bertz CT molecular complexity index is 1760. The van der Waals surface area contributed by atoms with Crippen molar-refractivity contribution in [2.24, 2.45) is 0 Å². The lowest BCUT2D eigenvalue weighted by atomic mass is 9.94. The van der Waals surface area contributed by atoms with Crippen LogP contribution in [0.1, 0.15) is 71.2 Å². The van der Waals surface area contributed by atoms with Crippen molar-refractivity contribution in [3.8, 4) is 0 Å². The van der Waals surface area contributed by atoms with Gasteiger partial charge in [-0.1, -0.05) is 60.7 Å². The van der Waals surface area contributed by atoms with Crippen molar-refractivity contribution in [3.63, 3.8) is 0 Å². The molecule has 12 heteroatoms. The molecule has 0 aliphatic carbocycles. The number of piperidine rings is 2. The van der Waals surface area contributed by atoms with E-state index >= 15 is 0 Å². The second-order valence-electron chi connectivity index (χ2n) is 16.3. The van der Waals surface area contributed by atoms with Crippen LogP contribution in [-0.2, 0) is 25.9 Å². The Balaban J connectivity index is 0.000000177. The summed E-state index contributed by atoms with van der Waals surface area (Å²) in [6, 6.07) is 28.7.